The van der Waals surface area contributed by atoms with Gasteiger partial charge in [-0.3, -0.25) is 4.68 Å². The van der Waals surface area contributed by atoms with Gasteiger partial charge in [-0.1, -0.05) is 12.8 Å². The van der Waals surface area contributed by atoms with E-state index in [-0.39, 0.29) is 6.04 Å². The first-order valence-electron chi connectivity index (χ1n) is 6.53. The molecule has 0 spiro atoms. The van der Waals surface area contributed by atoms with Gasteiger partial charge < -0.3 is 5.73 Å². The number of hydrogen-bond donors (Lipinski definition) is 1. The Labute approximate surface area is 98.0 Å². The Hall–Kier alpha value is -0.830. The normalized spacial score (nSPS) is 19.2. The van der Waals surface area contributed by atoms with Crippen molar-refractivity contribution in [2.24, 2.45) is 5.73 Å². The molecule has 90 valence electrons. The maximum Gasteiger partial charge on any atom is 0.0642 e. The maximum absolute atomic E-state index is 5.83. The van der Waals surface area contributed by atoms with Crippen LogP contribution in [-0.2, 0) is 13.0 Å². The lowest BCUT2D eigenvalue weighted by Gasteiger charge is -2.10. The zero-order valence-corrected chi connectivity index (χ0v) is 10.4. The molecule has 0 saturated heterocycles. The lowest BCUT2D eigenvalue weighted by molar-refractivity contribution is 0.561. The third kappa shape index (κ3) is 2.46. The molecule has 2 rings (SSSR count). The number of nitrogens with zero attached hydrogens (tertiary/aromatic N) is 2. The molecule has 1 aromatic heterocycles. The third-order valence-corrected chi connectivity index (χ3v) is 3.47. The summed E-state index contributed by atoms with van der Waals surface area (Å²) >= 11 is 0. The van der Waals surface area contributed by atoms with Crippen molar-refractivity contribution in [3.63, 3.8) is 0 Å². The molecular weight excluding hydrogens is 198 g/mol. The molecule has 1 aliphatic carbocycles. The molecule has 0 aliphatic heterocycles. The first-order valence-corrected chi connectivity index (χ1v) is 6.53. The van der Waals surface area contributed by atoms with Crippen LogP contribution >= 0.6 is 0 Å². The monoisotopic (exact) mass is 221 g/mol. The van der Waals surface area contributed by atoms with Crippen LogP contribution < -0.4 is 5.73 Å². The molecule has 1 unspecified atom stereocenters. The molecule has 1 heterocycles. The molecule has 0 amide bonds. The van der Waals surface area contributed by atoms with Crippen molar-refractivity contribution in [1.82, 2.24) is 9.78 Å². The van der Waals surface area contributed by atoms with Gasteiger partial charge in [0.2, 0.25) is 0 Å². The Balaban J connectivity index is 2.18. The molecule has 1 atom stereocenters. The van der Waals surface area contributed by atoms with Gasteiger partial charge in [0, 0.05) is 30.6 Å². The Morgan fingerprint density at radius 1 is 1.50 bits per heavy atom. The minimum Gasteiger partial charge on any atom is -0.328 e. The number of nitrogens with two attached hydrogens (primary N) is 1. The average molecular weight is 221 g/mol. The van der Waals surface area contributed by atoms with Crippen LogP contribution in [0.1, 0.15) is 56.8 Å². The van der Waals surface area contributed by atoms with E-state index in [0.717, 1.165) is 18.9 Å². The van der Waals surface area contributed by atoms with Crippen LogP contribution in [0.15, 0.2) is 6.07 Å². The van der Waals surface area contributed by atoms with Gasteiger partial charge in [-0.25, -0.2) is 0 Å². The molecule has 1 saturated carbocycles. The predicted octanol–water partition coefficient (Wildman–Crippen LogP) is 2.45. The molecule has 2 N–H and O–H groups in total. The SMILES string of the molecule is CCn1nc(CC(C)N)cc1C1CCCC1. The van der Waals surface area contributed by atoms with Gasteiger partial charge in [0.05, 0.1) is 5.69 Å². The molecule has 1 aliphatic rings. The van der Waals surface area contributed by atoms with Crippen LogP contribution in [-0.4, -0.2) is 15.8 Å². The average Bonchev–Trinajstić information content (AvgIpc) is 2.83. The second-order valence-electron chi connectivity index (χ2n) is 5.04. The highest BCUT2D eigenvalue weighted by molar-refractivity contribution is 5.17. The highest BCUT2D eigenvalue weighted by Gasteiger charge is 2.21. The second-order valence-corrected chi connectivity index (χ2v) is 5.04. The minimum atomic E-state index is 0.205. The van der Waals surface area contributed by atoms with Crippen molar-refractivity contribution in [1.29, 1.82) is 0 Å². The van der Waals surface area contributed by atoms with Crippen LogP contribution in [0.5, 0.6) is 0 Å². The number of aryl methyl sites for hydroxylation is 1. The smallest absolute Gasteiger partial charge is 0.0642 e. The summed E-state index contributed by atoms with van der Waals surface area (Å²) in [6.45, 7) is 5.19. The molecule has 1 fully saturated rings. The van der Waals surface area contributed by atoms with E-state index in [0.29, 0.717) is 0 Å². The van der Waals surface area contributed by atoms with Crippen molar-refractivity contribution in [2.75, 3.05) is 0 Å². The molecule has 3 heteroatoms. The van der Waals surface area contributed by atoms with E-state index in [1.54, 1.807) is 0 Å². The number of rotatable bonds is 4. The van der Waals surface area contributed by atoms with Crippen LogP contribution in [0.3, 0.4) is 0 Å². The molecule has 0 bridgehead atoms. The van der Waals surface area contributed by atoms with Gasteiger partial charge in [-0.2, -0.15) is 5.10 Å². The van der Waals surface area contributed by atoms with E-state index in [4.69, 9.17) is 5.73 Å². The summed E-state index contributed by atoms with van der Waals surface area (Å²) in [5.41, 5.74) is 8.44. The summed E-state index contributed by atoms with van der Waals surface area (Å²) in [5, 5.41) is 4.65. The molecule has 3 nitrogen and oxygen atoms in total. The van der Waals surface area contributed by atoms with E-state index >= 15 is 0 Å². The fraction of sp³-hybridized carbons (Fsp3) is 0.769. The van der Waals surface area contributed by atoms with Gasteiger partial charge in [0.25, 0.3) is 0 Å². The summed E-state index contributed by atoms with van der Waals surface area (Å²) in [5.74, 6) is 0.745. The van der Waals surface area contributed by atoms with Gasteiger partial charge in [0.15, 0.2) is 0 Å². The highest BCUT2D eigenvalue weighted by Crippen LogP contribution is 2.34. The Kier molecular flexibility index (Phi) is 3.64. The third-order valence-electron chi connectivity index (χ3n) is 3.47. The molecule has 0 aromatic carbocycles. The second kappa shape index (κ2) is 5.00. The van der Waals surface area contributed by atoms with Crippen molar-refractivity contribution in [3.8, 4) is 0 Å². The highest BCUT2D eigenvalue weighted by atomic mass is 15.3. The summed E-state index contributed by atoms with van der Waals surface area (Å²) < 4.78 is 2.17. The quantitative estimate of drug-likeness (QED) is 0.848. The largest absolute Gasteiger partial charge is 0.328 e. The molecular formula is C13H23N3. The van der Waals surface area contributed by atoms with Crippen LogP contribution in [0.2, 0.25) is 0 Å². The van der Waals surface area contributed by atoms with E-state index < -0.39 is 0 Å². The number of aromatic nitrogens is 2. The van der Waals surface area contributed by atoms with Crippen molar-refractivity contribution >= 4 is 0 Å². The Morgan fingerprint density at radius 3 is 2.75 bits per heavy atom. The van der Waals surface area contributed by atoms with Crippen molar-refractivity contribution in [2.45, 2.75) is 64.5 Å². The van der Waals surface area contributed by atoms with Crippen LogP contribution in [0.25, 0.3) is 0 Å². The Morgan fingerprint density at radius 2 is 2.19 bits per heavy atom. The summed E-state index contributed by atoms with van der Waals surface area (Å²) in [6.07, 6.45) is 6.32. The summed E-state index contributed by atoms with van der Waals surface area (Å²) in [6, 6.07) is 2.49. The zero-order chi connectivity index (χ0) is 11.5. The zero-order valence-electron chi connectivity index (χ0n) is 10.4. The van der Waals surface area contributed by atoms with Crippen LogP contribution in [0, 0.1) is 0 Å². The van der Waals surface area contributed by atoms with E-state index in [2.05, 4.69) is 22.8 Å². The van der Waals surface area contributed by atoms with E-state index in [1.807, 2.05) is 6.92 Å². The first kappa shape index (κ1) is 11.6. The lowest BCUT2D eigenvalue weighted by Crippen LogP contribution is -2.18. The van der Waals surface area contributed by atoms with E-state index in [1.165, 1.54) is 37.1 Å². The van der Waals surface area contributed by atoms with E-state index in [9.17, 15) is 0 Å². The topological polar surface area (TPSA) is 43.8 Å². The van der Waals surface area contributed by atoms with Crippen LogP contribution in [0.4, 0.5) is 0 Å². The molecule has 1 aromatic rings. The lowest BCUT2D eigenvalue weighted by atomic mass is 10.0. The minimum absolute atomic E-state index is 0.205. The predicted molar refractivity (Wildman–Crippen MR) is 66.5 cm³/mol. The van der Waals surface area contributed by atoms with Crippen molar-refractivity contribution in [3.05, 3.63) is 17.5 Å². The van der Waals surface area contributed by atoms with Gasteiger partial charge in [-0.05, 0) is 32.8 Å². The standard InChI is InChI=1S/C13H23N3/c1-3-16-13(11-6-4-5-7-11)9-12(15-16)8-10(2)14/h9-11H,3-8,14H2,1-2H3. The van der Waals surface area contributed by atoms with Gasteiger partial charge in [0.1, 0.15) is 0 Å². The summed E-state index contributed by atoms with van der Waals surface area (Å²) in [4.78, 5) is 0. The number of hydrogen-bond acceptors (Lipinski definition) is 2. The molecule has 0 radical (unpaired) electrons. The maximum atomic E-state index is 5.83. The molecule has 16 heavy (non-hydrogen) atoms. The van der Waals surface area contributed by atoms with Gasteiger partial charge >= 0.3 is 0 Å². The first-order chi connectivity index (χ1) is 7.70. The Bertz CT molecular complexity index is 335. The fourth-order valence-electron chi connectivity index (χ4n) is 2.72. The van der Waals surface area contributed by atoms with Gasteiger partial charge in [-0.15, -0.1) is 0 Å². The van der Waals surface area contributed by atoms with Crippen molar-refractivity contribution < 1.29 is 0 Å². The fourth-order valence-corrected chi connectivity index (χ4v) is 2.72. The summed E-state index contributed by atoms with van der Waals surface area (Å²) in [7, 11) is 0.